The Morgan fingerprint density at radius 2 is 2.15 bits per heavy atom. The quantitative estimate of drug-likeness (QED) is 0.697. The van der Waals surface area contributed by atoms with Crippen molar-refractivity contribution in [3.05, 3.63) is 42.0 Å². The summed E-state index contributed by atoms with van der Waals surface area (Å²) in [5, 5.41) is 2.42. The summed E-state index contributed by atoms with van der Waals surface area (Å²) in [6.07, 6.45) is 3.41. The second-order valence-electron chi connectivity index (χ2n) is 2.76. The summed E-state index contributed by atoms with van der Waals surface area (Å²) in [4.78, 5) is 3.98. The fourth-order valence-electron chi connectivity index (χ4n) is 1.34. The van der Waals surface area contributed by atoms with Crippen LogP contribution in [0.15, 0.2) is 30.6 Å². The average Bonchev–Trinajstić information content (AvgIpc) is 2.18. The molecule has 13 heavy (non-hydrogen) atoms. The highest BCUT2D eigenvalue weighted by Gasteiger charge is 2.04. The van der Waals surface area contributed by atoms with Crippen molar-refractivity contribution in [3.8, 4) is 0 Å². The number of benzene rings is 1. The highest BCUT2D eigenvalue weighted by molar-refractivity contribution is 9.08. The Hall–Kier alpha value is -0.960. The maximum absolute atomic E-state index is 13.3. The minimum absolute atomic E-state index is 0.171. The van der Waals surface area contributed by atoms with Crippen molar-refractivity contribution in [1.82, 2.24) is 4.98 Å². The van der Waals surface area contributed by atoms with Gasteiger partial charge in [0.15, 0.2) is 0 Å². The highest BCUT2D eigenvalue weighted by Crippen LogP contribution is 2.22. The molecular weight excluding hydrogens is 233 g/mol. The topological polar surface area (TPSA) is 12.9 Å². The first-order valence-corrected chi connectivity index (χ1v) is 5.02. The zero-order valence-electron chi connectivity index (χ0n) is 6.80. The molecule has 66 valence electrons. The second-order valence-corrected chi connectivity index (χ2v) is 3.32. The Balaban J connectivity index is 2.84. The van der Waals surface area contributed by atoms with Crippen LogP contribution in [0.25, 0.3) is 10.8 Å². The first kappa shape index (κ1) is 8.63. The van der Waals surface area contributed by atoms with Crippen LogP contribution in [0.3, 0.4) is 0 Å². The van der Waals surface area contributed by atoms with Gasteiger partial charge >= 0.3 is 0 Å². The number of halogens is 2. The van der Waals surface area contributed by atoms with E-state index in [2.05, 4.69) is 20.9 Å². The average molecular weight is 240 g/mol. The Kier molecular flexibility index (Phi) is 2.27. The van der Waals surface area contributed by atoms with Crippen molar-refractivity contribution < 1.29 is 4.39 Å². The largest absolute Gasteiger partial charge is 0.264 e. The van der Waals surface area contributed by atoms with Gasteiger partial charge in [0.2, 0.25) is 0 Å². The zero-order valence-corrected chi connectivity index (χ0v) is 8.38. The van der Waals surface area contributed by atoms with Crippen LogP contribution in [-0.4, -0.2) is 4.98 Å². The van der Waals surface area contributed by atoms with Crippen LogP contribution in [-0.2, 0) is 5.33 Å². The molecule has 0 fully saturated rings. The monoisotopic (exact) mass is 239 g/mol. The van der Waals surface area contributed by atoms with Crippen molar-refractivity contribution in [2.75, 3.05) is 0 Å². The van der Waals surface area contributed by atoms with Crippen molar-refractivity contribution in [3.63, 3.8) is 0 Å². The molecule has 0 saturated heterocycles. The Bertz CT molecular complexity index is 442. The summed E-state index contributed by atoms with van der Waals surface area (Å²) >= 11 is 3.27. The molecule has 0 aliphatic rings. The van der Waals surface area contributed by atoms with Crippen LogP contribution in [0, 0.1) is 5.82 Å². The molecular formula is C10H7BrFN. The molecule has 2 rings (SSSR count). The van der Waals surface area contributed by atoms with Gasteiger partial charge in [0.1, 0.15) is 5.82 Å². The van der Waals surface area contributed by atoms with E-state index in [9.17, 15) is 4.39 Å². The molecule has 1 nitrogen and oxygen atoms in total. The Morgan fingerprint density at radius 1 is 1.31 bits per heavy atom. The van der Waals surface area contributed by atoms with Gasteiger partial charge in [-0.1, -0.05) is 15.9 Å². The third-order valence-electron chi connectivity index (χ3n) is 2.01. The number of alkyl halides is 1. The predicted octanol–water partition coefficient (Wildman–Crippen LogP) is 3.27. The van der Waals surface area contributed by atoms with Crippen LogP contribution in [0.1, 0.15) is 5.56 Å². The van der Waals surface area contributed by atoms with Crippen LogP contribution >= 0.6 is 15.9 Å². The molecule has 0 bridgehead atoms. The fourth-order valence-corrected chi connectivity index (χ4v) is 1.91. The zero-order chi connectivity index (χ0) is 9.26. The smallest absolute Gasteiger partial charge is 0.127 e. The van der Waals surface area contributed by atoms with Crippen LogP contribution in [0.4, 0.5) is 4.39 Å². The molecule has 0 aliphatic carbocycles. The standard InChI is InChI=1S/C10H7BrFN/c11-5-9-8-3-4-13-6-7(8)1-2-10(9)12/h1-4,6H,5H2. The van der Waals surface area contributed by atoms with E-state index in [4.69, 9.17) is 0 Å². The van der Waals surface area contributed by atoms with Crippen molar-refractivity contribution in [2.24, 2.45) is 0 Å². The maximum Gasteiger partial charge on any atom is 0.127 e. The summed E-state index contributed by atoms with van der Waals surface area (Å²) < 4.78 is 13.3. The molecule has 0 unspecified atom stereocenters. The molecule has 0 radical (unpaired) electrons. The molecule has 2 aromatic rings. The highest BCUT2D eigenvalue weighted by atomic mass is 79.9. The molecule has 1 aromatic carbocycles. The number of pyridine rings is 1. The van der Waals surface area contributed by atoms with Gasteiger partial charge in [-0.05, 0) is 23.6 Å². The summed E-state index contributed by atoms with van der Waals surface area (Å²) in [5.74, 6) is -0.171. The number of rotatable bonds is 1. The van der Waals surface area contributed by atoms with Gasteiger partial charge in [-0.25, -0.2) is 4.39 Å². The number of fused-ring (bicyclic) bond motifs is 1. The number of hydrogen-bond donors (Lipinski definition) is 0. The van der Waals surface area contributed by atoms with Gasteiger partial charge in [-0.2, -0.15) is 0 Å². The van der Waals surface area contributed by atoms with E-state index in [1.54, 1.807) is 18.5 Å². The molecule has 0 amide bonds. The number of aromatic nitrogens is 1. The first-order valence-electron chi connectivity index (χ1n) is 3.90. The minimum atomic E-state index is -0.171. The van der Waals surface area contributed by atoms with Crippen LogP contribution < -0.4 is 0 Å². The summed E-state index contributed by atoms with van der Waals surface area (Å²) in [6.45, 7) is 0. The van der Waals surface area contributed by atoms with E-state index in [-0.39, 0.29) is 5.82 Å². The summed E-state index contributed by atoms with van der Waals surface area (Å²) in [5.41, 5.74) is 0.694. The van der Waals surface area contributed by atoms with E-state index in [1.807, 2.05) is 6.07 Å². The molecule has 0 aliphatic heterocycles. The van der Waals surface area contributed by atoms with E-state index >= 15 is 0 Å². The van der Waals surface area contributed by atoms with Gasteiger partial charge in [-0.3, -0.25) is 4.98 Å². The van der Waals surface area contributed by atoms with E-state index < -0.39 is 0 Å². The van der Waals surface area contributed by atoms with Crippen LogP contribution in [0.5, 0.6) is 0 Å². The lowest BCUT2D eigenvalue weighted by Crippen LogP contribution is -1.88. The third-order valence-corrected chi connectivity index (χ3v) is 2.57. The van der Waals surface area contributed by atoms with Gasteiger partial charge in [0.25, 0.3) is 0 Å². The lowest BCUT2D eigenvalue weighted by molar-refractivity contribution is 0.620. The maximum atomic E-state index is 13.3. The lowest BCUT2D eigenvalue weighted by Gasteiger charge is -2.03. The summed E-state index contributed by atoms with van der Waals surface area (Å²) in [6, 6.07) is 5.04. The van der Waals surface area contributed by atoms with Gasteiger partial charge in [0, 0.05) is 28.7 Å². The van der Waals surface area contributed by atoms with E-state index in [0.717, 1.165) is 10.8 Å². The minimum Gasteiger partial charge on any atom is -0.264 e. The molecule has 0 saturated carbocycles. The lowest BCUT2D eigenvalue weighted by atomic mass is 10.1. The normalized spacial score (nSPS) is 10.6. The molecule has 0 atom stereocenters. The fraction of sp³-hybridized carbons (Fsp3) is 0.100. The molecule has 0 spiro atoms. The predicted molar refractivity (Wildman–Crippen MR) is 54.3 cm³/mol. The summed E-state index contributed by atoms with van der Waals surface area (Å²) in [7, 11) is 0. The van der Waals surface area contributed by atoms with Crippen molar-refractivity contribution >= 4 is 26.7 Å². The SMILES string of the molecule is Fc1ccc2cnccc2c1CBr. The van der Waals surface area contributed by atoms with Crippen molar-refractivity contribution in [2.45, 2.75) is 5.33 Å². The van der Waals surface area contributed by atoms with Gasteiger partial charge in [-0.15, -0.1) is 0 Å². The van der Waals surface area contributed by atoms with E-state index in [1.165, 1.54) is 6.07 Å². The number of nitrogens with zero attached hydrogens (tertiary/aromatic N) is 1. The Morgan fingerprint density at radius 3 is 2.92 bits per heavy atom. The molecule has 1 aromatic heterocycles. The van der Waals surface area contributed by atoms with Crippen LogP contribution in [0.2, 0.25) is 0 Å². The molecule has 0 N–H and O–H groups in total. The second kappa shape index (κ2) is 3.42. The first-order chi connectivity index (χ1) is 6.33. The Labute approximate surface area is 83.7 Å². The van der Waals surface area contributed by atoms with Gasteiger partial charge < -0.3 is 0 Å². The number of hydrogen-bond acceptors (Lipinski definition) is 1. The molecule has 1 heterocycles. The van der Waals surface area contributed by atoms with Gasteiger partial charge in [0.05, 0.1) is 0 Å². The van der Waals surface area contributed by atoms with Crippen molar-refractivity contribution in [1.29, 1.82) is 0 Å². The third kappa shape index (κ3) is 1.44. The molecule has 3 heteroatoms. The van der Waals surface area contributed by atoms with E-state index in [0.29, 0.717) is 10.9 Å².